The lowest BCUT2D eigenvalue weighted by molar-refractivity contribution is 0.0945. The van der Waals surface area contributed by atoms with Gasteiger partial charge in [0.1, 0.15) is 11.5 Å². The van der Waals surface area contributed by atoms with Crippen molar-refractivity contribution in [3.8, 4) is 5.82 Å². The van der Waals surface area contributed by atoms with Crippen molar-refractivity contribution in [3.05, 3.63) is 53.5 Å². The van der Waals surface area contributed by atoms with E-state index in [9.17, 15) is 4.79 Å². The average Bonchev–Trinajstić information content (AvgIpc) is 3.13. The summed E-state index contributed by atoms with van der Waals surface area (Å²) in [5.41, 5.74) is 1.85. The Morgan fingerprint density at radius 2 is 1.96 bits per heavy atom. The molecule has 1 amide bonds. The van der Waals surface area contributed by atoms with E-state index in [1.165, 1.54) is 0 Å². The Balaban J connectivity index is 1.77. The van der Waals surface area contributed by atoms with Gasteiger partial charge < -0.3 is 10.2 Å². The highest BCUT2D eigenvalue weighted by molar-refractivity contribution is 5.92. The number of nitrogens with one attached hydrogen (secondary N) is 1. The Morgan fingerprint density at radius 1 is 1.15 bits per heavy atom. The molecule has 1 N–H and O–H groups in total. The second-order valence-electron chi connectivity index (χ2n) is 5.99. The SMILES string of the molecule is Cc1cc(CNC(=O)c2cc(-n3cccn3)nc(C)n2)nc(N(C)C)n1. The number of carbonyl (C=O) groups is 1. The summed E-state index contributed by atoms with van der Waals surface area (Å²) in [7, 11) is 3.75. The van der Waals surface area contributed by atoms with E-state index in [2.05, 4.69) is 30.4 Å². The fourth-order valence-corrected chi connectivity index (χ4v) is 2.36. The summed E-state index contributed by atoms with van der Waals surface area (Å²) in [5, 5.41) is 6.97. The first-order chi connectivity index (χ1) is 12.4. The molecule has 3 aromatic heterocycles. The first kappa shape index (κ1) is 17.5. The molecule has 0 aliphatic rings. The molecule has 0 bridgehead atoms. The normalized spacial score (nSPS) is 10.6. The van der Waals surface area contributed by atoms with E-state index in [1.807, 2.05) is 32.0 Å². The van der Waals surface area contributed by atoms with Crippen LogP contribution in [0, 0.1) is 13.8 Å². The molecule has 26 heavy (non-hydrogen) atoms. The van der Waals surface area contributed by atoms with Gasteiger partial charge in [-0.3, -0.25) is 4.79 Å². The summed E-state index contributed by atoms with van der Waals surface area (Å²) in [6.45, 7) is 3.91. The molecule has 0 fully saturated rings. The quantitative estimate of drug-likeness (QED) is 0.732. The maximum atomic E-state index is 12.5. The zero-order valence-corrected chi connectivity index (χ0v) is 15.1. The highest BCUT2D eigenvalue weighted by Gasteiger charge is 2.12. The van der Waals surface area contributed by atoms with Crippen LogP contribution in [0.2, 0.25) is 0 Å². The molecule has 0 saturated carbocycles. The number of carbonyl (C=O) groups excluding carboxylic acids is 1. The van der Waals surface area contributed by atoms with E-state index in [0.29, 0.717) is 17.6 Å². The largest absolute Gasteiger partial charge is 0.347 e. The predicted molar refractivity (Wildman–Crippen MR) is 96.2 cm³/mol. The van der Waals surface area contributed by atoms with Gasteiger partial charge >= 0.3 is 0 Å². The van der Waals surface area contributed by atoms with Crippen molar-refractivity contribution in [2.45, 2.75) is 20.4 Å². The van der Waals surface area contributed by atoms with E-state index in [1.54, 1.807) is 36.1 Å². The second-order valence-corrected chi connectivity index (χ2v) is 5.99. The zero-order valence-electron chi connectivity index (χ0n) is 15.1. The lowest BCUT2D eigenvalue weighted by atomic mass is 10.3. The molecule has 3 rings (SSSR count). The molecule has 0 aliphatic carbocycles. The molecule has 0 radical (unpaired) electrons. The monoisotopic (exact) mass is 352 g/mol. The summed E-state index contributed by atoms with van der Waals surface area (Å²) in [6.07, 6.45) is 3.41. The van der Waals surface area contributed by atoms with Crippen molar-refractivity contribution in [1.29, 1.82) is 0 Å². The molecular formula is C17H20N8O. The van der Waals surface area contributed by atoms with Crippen molar-refractivity contribution in [3.63, 3.8) is 0 Å². The number of aryl methyl sites for hydroxylation is 2. The second kappa shape index (κ2) is 7.26. The van der Waals surface area contributed by atoms with Gasteiger partial charge in [0.25, 0.3) is 5.91 Å². The minimum absolute atomic E-state index is 0.279. The average molecular weight is 352 g/mol. The molecule has 0 atom stereocenters. The topological polar surface area (TPSA) is 102 Å². The van der Waals surface area contributed by atoms with Gasteiger partial charge in [-0.05, 0) is 26.0 Å². The van der Waals surface area contributed by atoms with Crippen LogP contribution in [-0.2, 0) is 6.54 Å². The van der Waals surface area contributed by atoms with Gasteiger partial charge in [-0.1, -0.05) is 0 Å². The van der Waals surface area contributed by atoms with Crippen LogP contribution in [0.1, 0.15) is 27.7 Å². The molecule has 9 heteroatoms. The van der Waals surface area contributed by atoms with E-state index in [0.717, 1.165) is 11.4 Å². The third kappa shape index (κ3) is 4.00. The van der Waals surface area contributed by atoms with Crippen LogP contribution in [0.25, 0.3) is 5.82 Å². The molecule has 0 spiro atoms. The summed E-state index contributed by atoms with van der Waals surface area (Å²) in [4.78, 5) is 31.6. The lowest BCUT2D eigenvalue weighted by Gasteiger charge is -2.13. The van der Waals surface area contributed by atoms with Crippen LogP contribution in [0.15, 0.2) is 30.6 Å². The Morgan fingerprint density at radius 3 is 2.65 bits per heavy atom. The van der Waals surface area contributed by atoms with Crippen LogP contribution in [0.5, 0.6) is 0 Å². The third-order valence-corrected chi connectivity index (χ3v) is 3.52. The third-order valence-electron chi connectivity index (χ3n) is 3.52. The molecule has 0 saturated heterocycles. The minimum atomic E-state index is -0.299. The van der Waals surface area contributed by atoms with Crippen LogP contribution >= 0.6 is 0 Å². The van der Waals surface area contributed by atoms with Crippen molar-refractivity contribution < 1.29 is 4.79 Å². The first-order valence-corrected chi connectivity index (χ1v) is 8.08. The number of amides is 1. The van der Waals surface area contributed by atoms with Gasteiger partial charge in [0, 0.05) is 38.2 Å². The molecule has 134 valence electrons. The standard InChI is InChI=1S/C17H20N8O/c1-11-8-13(23-17(20-11)24(3)4)10-18-16(26)14-9-15(22-12(2)21-14)25-7-5-6-19-25/h5-9H,10H2,1-4H3,(H,18,26). The highest BCUT2D eigenvalue weighted by atomic mass is 16.1. The van der Waals surface area contributed by atoms with Gasteiger partial charge in [0.15, 0.2) is 5.82 Å². The smallest absolute Gasteiger partial charge is 0.270 e. The fourth-order valence-electron chi connectivity index (χ4n) is 2.36. The zero-order chi connectivity index (χ0) is 18.7. The van der Waals surface area contributed by atoms with Crippen molar-refractivity contribution in [1.82, 2.24) is 35.0 Å². The van der Waals surface area contributed by atoms with Gasteiger partial charge in [-0.2, -0.15) is 5.10 Å². The summed E-state index contributed by atoms with van der Waals surface area (Å²) in [6, 6.07) is 5.23. The van der Waals surface area contributed by atoms with Crippen molar-refractivity contribution >= 4 is 11.9 Å². The van der Waals surface area contributed by atoms with E-state index >= 15 is 0 Å². The van der Waals surface area contributed by atoms with Gasteiger partial charge in [0.05, 0.1) is 12.2 Å². The first-order valence-electron chi connectivity index (χ1n) is 8.08. The van der Waals surface area contributed by atoms with E-state index < -0.39 is 0 Å². The molecule has 3 aromatic rings. The fraction of sp³-hybridized carbons (Fsp3) is 0.294. The van der Waals surface area contributed by atoms with Crippen LogP contribution in [-0.4, -0.2) is 49.7 Å². The number of rotatable bonds is 5. The summed E-state index contributed by atoms with van der Waals surface area (Å²) >= 11 is 0. The van der Waals surface area contributed by atoms with Crippen LogP contribution < -0.4 is 10.2 Å². The molecule has 0 aromatic carbocycles. The Labute approximate surface area is 151 Å². The Bertz CT molecular complexity index is 921. The van der Waals surface area contributed by atoms with E-state index in [4.69, 9.17) is 0 Å². The molecule has 9 nitrogen and oxygen atoms in total. The Kier molecular flexibility index (Phi) is 4.87. The number of nitrogens with zero attached hydrogens (tertiary/aromatic N) is 7. The van der Waals surface area contributed by atoms with Gasteiger partial charge in [0.2, 0.25) is 5.95 Å². The van der Waals surface area contributed by atoms with Crippen LogP contribution in [0.4, 0.5) is 5.95 Å². The summed E-state index contributed by atoms with van der Waals surface area (Å²) in [5.74, 6) is 1.34. The number of hydrogen-bond donors (Lipinski definition) is 1. The number of aromatic nitrogens is 6. The van der Waals surface area contributed by atoms with Crippen molar-refractivity contribution in [2.75, 3.05) is 19.0 Å². The van der Waals surface area contributed by atoms with Gasteiger partial charge in [-0.15, -0.1) is 0 Å². The summed E-state index contributed by atoms with van der Waals surface area (Å²) < 4.78 is 1.59. The predicted octanol–water partition coefficient (Wildman–Crippen LogP) is 1.07. The van der Waals surface area contributed by atoms with Gasteiger partial charge in [-0.25, -0.2) is 24.6 Å². The highest BCUT2D eigenvalue weighted by Crippen LogP contribution is 2.09. The number of hydrogen-bond acceptors (Lipinski definition) is 7. The molecular weight excluding hydrogens is 332 g/mol. The maximum absolute atomic E-state index is 12.5. The molecule has 3 heterocycles. The maximum Gasteiger partial charge on any atom is 0.270 e. The minimum Gasteiger partial charge on any atom is -0.347 e. The molecule has 0 unspecified atom stereocenters. The van der Waals surface area contributed by atoms with Crippen LogP contribution in [0.3, 0.4) is 0 Å². The Hall–Kier alpha value is -3.36. The van der Waals surface area contributed by atoms with E-state index in [-0.39, 0.29) is 18.1 Å². The number of anilines is 1. The van der Waals surface area contributed by atoms with Crippen molar-refractivity contribution in [2.24, 2.45) is 0 Å². The molecule has 0 aliphatic heterocycles. The lowest BCUT2D eigenvalue weighted by Crippen LogP contribution is -2.26.